The summed E-state index contributed by atoms with van der Waals surface area (Å²) >= 11 is 12.1. The maximum absolute atomic E-state index is 6.49. The van der Waals surface area contributed by atoms with Crippen LogP contribution in [0.2, 0.25) is 5.02 Å². The monoisotopic (exact) mass is 537 g/mol. The van der Waals surface area contributed by atoms with Crippen LogP contribution in [0.3, 0.4) is 0 Å². The van der Waals surface area contributed by atoms with Crippen molar-refractivity contribution >= 4 is 34.6 Å². The number of pyridine rings is 1. The van der Waals surface area contributed by atoms with Gasteiger partial charge < -0.3 is 19.4 Å². The van der Waals surface area contributed by atoms with Crippen molar-refractivity contribution in [1.29, 1.82) is 0 Å². The van der Waals surface area contributed by atoms with E-state index < -0.39 is 0 Å². The van der Waals surface area contributed by atoms with Crippen molar-refractivity contribution in [2.24, 2.45) is 0 Å². The van der Waals surface area contributed by atoms with E-state index in [0.29, 0.717) is 10.1 Å². The Morgan fingerprint density at radius 1 is 0.895 bits per heavy atom. The van der Waals surface area contributed by atoms with Crippen LogP contribution in [0.4, 0.5) is 5.69 Å². The van der Waals surface area contributed by atoms with E-state index in [4.69, 9.17) is 33.0 Å². The lowest BCUT2D eigenvalue weighted by Gasteiger charge is -2.26. The average Bonchev–Trinajstić information content (AvgIpc) is 3.56. The highest BCUT2D eigenvalue weighted by Crippen LogP contribution is 2.43. The normalized spacial score (nSPS) is 16.9. The summed E-state index contributed by atoms with van der Waals surface area (Å²) in [7, 11) is 0. The smallest absolute Gasteiger partial charge is 0.174 e. The maximum Gasteiger partial charge on any atom is 0.174 e. The third-order valence-electron chi connectivity index (χ3n) is 6.58. The number of para-hydroxylation sites is 1. The van der Waals surface area contributed by atoms with Crippen LogP contribution in [-0.4, -0.2) is 10.1 Å². The zero-order valence-corrected chi connectivity index (χ0v) is 22.1. The van der Waals surface area contributed by atoms with E-state index in [0.717, 1.165) is 45.5 Å². The van der Waals surface area contributed by atoms with Gasteiger partial charge in [-0.25, -0.2) is 0 Å². The molecule has 0 bridgehead atoms. The number of nitrogens with one attached hydrogen (secondary N) is 1. The number of rotatable bonds is 6. The molecule has 1 aliphatic heterocycles. The van der Waals surface area contributed by atoms with Gasteiger partial charge in [-0.2, -0.15) is 0 Å². The molecule has 1 fully saturated rings. The minimum absolute atomic E-state index is 0.205. The molecule has 0 unspecified atom stereocenters. The van der Waals surface area contributed by atoms with E-state index in [-0.39, 0.29) is 12.1 Å². The van der Waals surface area contributed by atoms with Gasteiger partial charge in [0.25, 0.3) is 0 Å². The Balaban J connectivity index is 1.37. The molecule has 3 heterocycles. The molecule has 0 spiro atoms. The number of thiocarbonyl (C=S) groups is 1. The van der Waals surface area contributed by atoms with E-state index in [1.807, 2.05) is 110 Å². The molecule has 188 valence electrons. The number of ether oxygens (including phenoxy) is 1. The molecular weight excluding hydrogens is 514 g/mol. The first-order valence-electron chi connectivity index (χ1n) is 12.3. The first-order valence-corrected chi connectivity index (χ1v) is 13.1. The highest BCUT2D eigenvalue weighted by atomic mass is 35.5. The Kier molecular flexibility index (Phi) is 6.58. The van der Waals surface area contributed by atoms with Crippen molar-refractivity contribution in [3.8, 4) is 22.8 Å². The molecule has 2 aromatic heterocycles. The lowest BCUT2D eigenvalue weighted by atomic mass is 10.0. The van der Waals surface area contributed by atoms with Crippen LogP contribution >= 0.6 is 23.8 Å². The molecule has 5 aromatic rings. The number of furan rings is 1. The molecule has 1 N–H and O–H groups in total. The predicted molar refractivity (Wildman–Crippen MR) is 155 cm³/mol. The third kappa shape index (κ3) is 4.76. The first-order chi connectivity index (χ1) is 18.6. The molecule has 2 atom stereocenters. The van der Waals surface area contributed by atoms with Gasteiger partial charge in [0.05, 0.1) is 11.7 Å². The number of anilines is 1. The van der Waals surface area contributed by atoms with Crippen LogP contribution in [0.25, 0.3) is 11.3 Å². The van der Waals surface area contributed by atoms with E-state index in [1.54, 1.807) is 6.20 Å². The Hall–Kier alpha value is -4.13. The second kappa shape index (κ2) is 10.3. The van der Waals surface area contributed by atoms with Crippen molar-refractivity contribution in [2.45, 2.75) is 19.0 Å². The molecule has 3 aromatic carbocycles. The van der Waals surface area contributed by atoms with Gasteiger partial charge in [0, 0.05) is 22.5 Å². The van der Waals surface area contributed by atoms with Gasteiger partial charge in [-0.1, -0.05) is 41.9 Å². The molecule has 0 amide bonds. The molecule has 5 nitrogen and oxygen atoms in total. The SMILES string of the molecule is Cc1ccc(Cl)cc1-c1ccc([C@H]2[C@@H](c3ccccn3)NC(=S)N2c2ccc(Oc3ccccc3)cc2)o1. The van der Waals surface area contributed by atoms with Crippen LogP contribution in [0.1, 0.15) is 29.1 Å². The summed E-state index contributed by atoms with van der Waals surface area (Å²) in [5.74, 6) is 3.05. The van der Waals surface area contributed by atoms with E-state index in [1.165, 1.54) is 0 Å². The van der Waals surface area contributed by atoms with Crippen molar-refractivity contribution in [3.05, 3.63) is 131 Å². The van der Waals surface area contributed by atoms with Crippen LogP contribution in [0, 0.1) is 6.92 Å². The molecule has 0 radical (unpaired) electrons. The summed E-state index contributed by atoms with van der Waals surface area (Å²) in [6.07, 6.45) is 1.79. The molecule has 1 aliphatic rings. The van der Waals surface area contributed by atoms with Gasteiger partial charge in [0.1, 0.15) is 29.1 Å². The molecule has 6 rings (SSSR count). The number of aromatic nitrogens is 1. The van der Waals surface area contributed by atoms with Crippen LogP contribution < -0.4 is 15.0 Å². The number of halogens is 1. The van der Waals surface area contributed by atoms with E-state index in [2.05, 4.69) is 15.2 Å². The Labute approximate surface area is 231 Å². The van der Waals surface area contributed by atoms with Crippen molar-refractivity contribution in [3.63, 3.8) is 0 Å². The third-order valence-corrected chi connectivity index (χ3v) is 7.12. The fourth-order valence-electron chi connectivity index (χ4n) is 4.74. The van der Waals surface area contributed by atoms with Crippen molar-refractivity contribution < 1.29 is 9.15 Å². The summed E-state index contributed by atoms with van der Waals surface area (Å²) in [5, 5.41) is 4.74. The fourth-order valence-corrected chi connectivity index (χ4v) is 5.26. The summed E-state index contributed by atoms with van der Waals surface area (Å²) in [5.41, 5.74) is 3.84. The second-order valence-corrected chi connectivity index (χ2v) is 9.89. The molecule has 1 saturated heterocycles. The molecular formula is C31H24ClN3O2S. The van der Waals surface area contributed by atoms with Gasteiger partial charge in [-0.15, -0.1) is 0 Å². The summed E-state index contributed by atoms with van der Waals surface area (Å²) in [6.45, 7) is 2.04. The average molecular weight is 538 g/mol. The molecule has 0 aliphatic carbocycles. The van der Waals surface area contributed by atoms with Crippen LogP contribution in [-0.2, 0) is 0 Å². The van der Waals surface area contributed by atoms with Gasteiger partial charge in [-0.3, -0.25) is 4.98 Å². The zero-order chi connectivity index (χ0) is 26.1. The zero-order valence-electron chi connectivity index (χ0n) is 20.5. The Morgan fingerprint density at radius 2 is 1.66 bits per heavy atom. The predicted octanol–water partition coefficient (Wildman–Crippen LogP) is 8.27. The van der Waals surface area contributed by atoms with E-state index >= 15 is 0 Å². The van der Waals surface area contributed by atoms with E-state index in [9.17, 15) is 0 Å². The number of aryl methyl sites for hydroxylation is 1. The number of nitrogens with zero attached hydrogens (tertiary/aromatic N) is 2. The minimum Gasteiger partial charge on any atom is -0.459 e. The standard InChI is InChI=1S/C31H24ClN3O2S/c1-20-10-11-21(32)19-25(20)27-16-17-28(37-27)30-29(26-9-5-6-18-33-26)34-31(38)35(30)22-12-14-24(15-13-22)36-23-7-3-2-4-8-23/h2-19,29-30H,1H3,(H,34,38)/t29-,30+/m1/s1. The van der Waals surface area contributed by atoms with Crippen molar-refractivity contribution in [1.82, 2.24) is 10.3 Å². The van der Waals surface area contributed by atoms with Gasteiger partial charge in [-0.05, 0) is 97.5 Å². The fraction of sp³-hybridized carbons (Fsp3) is 0.0968. The minimum atomic E-state index is -0.258. The molecule has 38 heavy (non-hydrogen) atoms. The summed E-state index contributed by atoms with van der Waals surface area (Å²) in [4.78, 5) is 6.70. The summed E-state index contributed by atoms with van der Waals surface area (Å²) < 4.78 is 12.5. The van der Waals surface area contributed by atoms with Gasteiger partial charge >= 0.3 is 0 Å². The number of hydrogen-bond donors (Lipinski definition) is 1. The van der Waals surface area contributed by atoms with Gasteiger partial charge in [0.2, 0.25) is 0 Å². The highest BCUT2D eigenvalue weighted by Gasteiger charge is 2.42. The summed E-state index contributed by atoms with van der Waals surface area (Å²) in [6, 6.07) is 32.8. The Morgan fingerprint density at radius 3 is 2.42 bits per heavy atom. The lowest BCUT2D eigenvalue weighted by molar-refractivity contribution is 0.439. The number of benzene rings is 3. The lowest BCUT2D eigenvalue weighted by Crippen LogP contribution is -2.29. The quantitative estimate of drug-likeness (QED) is 0.220. The Bertz CT molecular complexity index is 1570. The van der Waals surface area contributed by atoms with Crippen LogP contribution in [0.5, 0.6) is 11.5 Å². The van der Waals surface area contributed by atoms with Crippen molar-refractivity contribution in [2.75, 3.05) is 4.90 Å². The van der Waals surface area contributed by atoms with Crippen LogP contribution in [0.15, 0.2) is 114 Å². The second-order valence-electron chi connectivity index (χ2n) is 9.07. The molecule has 7 heteroatoms. The molecule has 0 saturated carbocycles. The largest absolute Gasteiger partial charge is 0.459 e. The van der Waals surface area contributed by atoms with Gasteiger partial charge in [0.15, 0.2) is 5.11 Å². The number of hydrogen-bond acceptors (Lipinski definition) is 4. The maximum atomic E-state index is 6.49. The first kappa shape index (κ1) is 24.2. The highest BCUT2D eigenvalue weighted by molar-refractivity contribution is 7.80. The topological polar surface area (TPSA) is 50.5 Å².